The van der Waals surface area contributed by atoms with E-state index < -0.39 is 6.04 Å². The molecule has 1 saturated heterocycles. The van der Waals surface area contributed by atoms with Gasteiger partial charge in [0.05, 0.1) is 5.02 Å². The lowest BCUT2D eigenvalue weighted by Crippen LogP contribution is -2.56. The first-order valence-electron chi connectivity index (χ1n) is 7.55. The minimum absolute atomic E-state index is 0.0830. The van der Waals surface area contributed by atoms with Crippen molar-refractivity contribution < 1.29 is 9.59 Å². The number of piperazine rings is 1. The summed E-state index contributed by atoms with van der Waals surface area (Å²) in [6.07, 6.45) is 3.86. The Balaban J connectivity index is 1.82. The summed E-state index contributed by atoms with van der Waals surface area (Å²) in [5, 5.41) is 4.45. The number of nitrogens with one attached hydrogen (secondary N) is 1. The summed E-state index contributed by atoms with van der Waals surface area (Å²) < 4.78 is 1.09. The molecule has 1 fully saturated rings. The van der Waals surface area contributed by atoms with E-state index in [2.05, 4.69) is 5.32 Å². The highest BCUT2D eigenvalue weighted by atomic mass is 35.5. The van der Waals surface area contributed by atoms with E-state index in [1.807, 2.05) is 31.2 Å². The fourth-order valence-electron chi connectivity index (χ4n) is 2.77. The monoisotopic (exact) mass is 348 g/mol. The van der Waals surface area contributed by atoms with E-state index in [0.29, 0.717) is 24.5 Å². The molecule has 4 nitrogen and oxygen atoms in total. The van der Waals surface area contributed by atoms with Gasteiger partial charge in [0.1, 0.15) is 6.04 Å². The van der Waals surface area contributed by atoms with Crippen molar-refractivity contribution in [3.05, 3.63) is 40.2 Å². The van der Waals surface area contributed by atoms with Crippen LogP contribution in [0.5, 0.6) is 0 Å². The van der Waals surface area contributed by atoms with E-state index in [-0.39, 0.29) is 11.8 Å². The van der Waals surface area contributed by atoms with Gasteiger partial charge in [-0.2, -0.15) is 0 Å². The molecule has 1 aromatic carbocycles. The lowest BCUT2D eigenvalue weighted by molar-refractivity contribution is -0.140. The molecule has 120 valence electrons. The average molecular weight is 349 g/mol. The standard InChI is InChI=1S/C17H17ClN2O2S/c1-2-12-17(22)19-9-10-20(12)15(21)8-7-14-16(18)11-5-3-4-6-13(11)23-14/h3-8,12H,2,9-10H2,1H3,(H,19,22)/b8-7+. The van der Waals surface area contributed by atoms with Crippen LogP contribution in [0.25, 0.3) is 16.2 Å². The number of hydrogen-bond donors (Lipinski definition) is 1. The molecule has 1 aliphatic heterocycles. The Morgan fingerprint density at radius 1 is 1.48 bits per heavy atom. The van der Waals surface area contributed by atoms with Gasteiger partial charge in [0.15, 0.2) is 0 Å². The molecule has 3 rings (SSSR count). The van der Waals surface area contributed by atoms with Crippen LogP contribution in [0.15, 0.2) is 30.3 Å². The second-order valence-corrected chi connectivity index (χ2v) is 6.82. The molecular weight excluding hydrogens is 332 g/mol. The Morgan fingerprint density at radius 3 is 3.00 bits per heavy atom. The van der Waals surface area contributed by atoms with Gasteiger partial charge >= 0.3 is 0 Å². The molecule has 23 heavy (non-hydrogen) atoms. The predicted molar refractivity (Wildman–Crippen MR) is 94.7 cm³/mol. The van der Waals surface area contributed by atoms with Gasteiger partial charge in [-0.25, -0.2) is 0 Å². The molecule has 1 atom stereocenters. The van der Waals surface area contributed by atoms with Crippen molar-refractivity contribution in [2.75, 3.05) is 13.1 Å². The van der Waals surface area contributed by atoms with Crippen LogP contribution in [0.3, 0.4) is 0 Å². The van der Waals surface area contributed by atoms with Crippen molar-refractivity contribution in [1.82, 2.24) is 10.2 Å². The minimum atomic E-state index is -0.390. The van der Waals surface area contributed by atoms with E-state index >= 15 is 0 Å². The highest BCUT2D eigenvalue weighted by Crippen LogP contribution is 2.35. The van der Waals surface area contributed by atoms with Gasteiger partial charge in [-0.15, -0.1) is 11.3 Å². The van der Waals surface area contributed by atoms with Crippen LogP contribution in [0.4, 0.5) is 0 Å². The number of fused-ring (bicyclic) bond motifs is 1. The molecule has 0 bridgehead atoms. The Morgan fingerprint density at radius 2 is 2.26 bits per heavy atom. The zero-order chi connectivity index (χ0) is 16.4. The number of hydrogen-bond acceptors (Lipinski definition) is 3. The third-order valence-corrected chi connectivity index (χ3v) is 5.59. The average Bonchev–Trinajstić information content (AvgIpc) is 2.89. The van der Waals surface area contributed by atoms with Crippen LogP contribution < -0.4 is 5.32 Å². The Hall–Kier alpha value is -1.85. The van der Waals surface area contributed by atoms with Crippen molar-refractivity contribution in [3.63, 3.8) is 0 Å². The van der Waals surface area contributed by atoms with Gasteiger partial charge in [-0.3, -0.25) is 9.59 Å². The fourth-order valence-corrected chi connectivity index (χ4v) is 4.17. The Labute approximate surface area is 143 Å². The molecule has 1 N–H and O–H groups in total. The summed E-state index contributed by atoms with van der Waals surface area (Å²) in [5.41, 5.74) is 0. The number of thiophene rings is 1. The molecule has 1 aromatic heterocycles. The van der Waals surface area contributed by atoms with Crippen molar-refractivity contribution >= 4 is 50.9 Å². The first-order valence-corrected chi connectivity index (χ1v) is 8.74. The van der Waals surface area contributed by atoms with Gasteiger partial charge in [0.25, 0.3) is 0 Å². The third-order valence-electron chi connectivity index (χ3n) is 3.94. The van der Waals surface area contributed by atoms with E-state index in [9.17, 15) is 9.59 Å². The second kappa shape index (κ2) is 6.72. The van der Waals surface area contributed by atoms with Gasteiger partial charge in [0.2, 0.25) is 11.8 Å². The Kier molecular flexibility index (Phi) is 4.68. The van der Waals surface area contributed by atoms with Crippen molar-refractivity contribution in [2.45, 2.75) is 19.4 Å². The van der Waals surface area contributed by atoms with Crippen LogP contribution in [0.2, 0.25) is 5.02 Å². The maximum absolute atomic E-state index is 12.4. The predicted octanol–water partition coefficient (Wildman–Crippen LogP) is 3.30. The normalized spacial score (nSPS) is 18.6. The summed E-state index contributed by atoms with van der Waals surface area (Å²) in [6, 6.07) is 7.49. The van der Waals surface area contributed by atoms with Crippen LogP contribution in [-0.4, -0.2) is 35.8 Å². The highest BCUT2D eigenvalue weighted by Gasteiger charge is 2.30. The highest BCUT2D eigenvalue weighted by molar-refractivity contribution is 7.20. The topological polar surface area (TPSA) is 49.4 Å². The summed E-state index contributed by atoms with van der Waals surface area (Å²) in [4.78, 5) is 26.8. The lowest BCUT2D eigenvalue weighted by Gasteiger charge is -2.33. The molecule has 0 radical (unpaired) electrons. The van der Waals surface area contributed by atoms with Crippen LogP contribution in [-0.2, 0) is 9.59 Å². The molecule has 2 amide bonds. The number of benzene rings is 1. The molecule has 6 heteroatoms. The number of rotatable bonds is 3. The third kappa shape index (κ3) is 3.12. The van der Waals surface area contributed by atoms with Gasteiger partial charge in [0, 0.05) is 34.1 Å². The van der Waals surface area contributed by atoms with E-state index in [4.69, 9.17) is 11.6 Å². The summed E-state index contributed by atoms with van der Waals surface area (Å²) in [7, 11) is 0. The SMILES string of the molecule is CCC1C(=O)NCCN1C(=O)/C=C/c1sc2ccccc2c1Cl. The van der Waals surface area contributed by atoms with Gasteiger partial charge in [-0.05, 0) is 18.6 Å². The molecule has 2 aromatic rings. The van der Waals surface area contributed by atoms with Gasteiger partial charge < -0.3 is 10.2 Å². The minimum Gasteiger partial charge on any atom is -0.353 e. The first kappa shape index (κ1) is 16.0. The molecular formula is C17H17ClN2O2S. The smallest absolute Gasteiger partial charge is 0.247 e. The summed E-state index contributed by atoms with van der Waals surface area (Å²) in [5.74, 6) is -0.236. The van der Waals surface area contributed by atoms with Crippen molar-refractivity contribution in [2.24, 2.45) is 0 Å². The largest absolute Gasteiger partial charge is 0.353 e. The number of carbonyl (C=O) groups excluding carboxylic acids is 2. The Bertz CT molecular complexity index is 784. The summed E-state index contributed by atoms with van der Waals surface area (Å²) in [6.45, 7) is 2.94. The summed E-state index contributed by atoms with van der Waals surface area (Å²) >= 11 is 7.93. The maximum Gasteiger partial charge on any atom is 0.247 e. The maximum atomic E-state index is 12.4. The number of halogens is 1. The van der Waals surface area contributed by atoms with Crippen molar-refractivity contribution in [3.8, 4) is 0 Å². The number of nitrogens with zero attached hydrogens (tertiary/aromatic N) is 1. The number of amides is 2. The molecule has 0 spiro atoms. The van der Waals surface area contributed by atoms with Crippen LogP contribution >= 0.6 is 22.9 Å². The molecule has 0 aliphatic carbocycles. The van der Waals surface area contributed by atoms with Gasteiger partial charge in [-0.1, -0.05) is 36.7 Å². The van der Waals surface area contributed by atoms with E-state index in [1.165, 1.54) is 6.08 Å². The molecule has 1 aliphatic rings. The molecule has 1 unspecified atom stereocenters. The first-order chi connectivity index (χ1) is 11.1. The second-order valence-electron chi connectivity index (χ2n) is 5.36. The zero-order valence-corrected chi connectivity index (χ0v) is 14.3. The quantitative estimate of drug-likeness (QED) is 0.865. The lowest BCUT2D eigenvalue weighted by atomic mass is 10.1. The van der Waals surface area contributed by atoms with E-state index in [1.54, 1.807) is 22.3 Å². The van der Waals surface area contributed by atoms with E-state index in [0.717, 1.165) is 15.0 Å². The number of carbonyl (C=O) groups is 2. The molecule has 0 saturated carbocycles. The van der Waals surface area contributed by atoms with Crippen LogP contribution in [0, 0.1) is 0 Å². The molecule has 2 heterocycles. The fraction of sp³-hybridized carbons (Fsp3) is 0.294. The van der Waals surface area contributed by atoms with Crippen molar-refractivity contribution in [1.29, 1.82) is 0 Å². The van der Waals surface area contributed by atoms with Crippen LogP contribution in [0.1, 0.15) is 18.2 Å². The zero-order valence-electron chi connectivity index (χ0n) is 12.7.